The number of aliphatic carboxylic acids is 1. The summed E-state index contributed by atoms with van der Waals surface area (Å²) in [6.07, 6.45) is 0.555. The zero-order chi connectivity index (χ0) is 13.1. The number of amides is 1. The molecule has 0 spiro atoms. The first-order valence-electron chi connectivity index (χ1n) is 5.55. The summed E-state index contributed by atoms with van der Waals surface area (Å²) in [5, 5.41) is 8.98. The number of rotatable bonds is 2. The first-order chi connectivity index (χ1) is 8.58. The highest BCUT2D eigenvalue weighted by Crippen LogP contribution is 2.21. The van der Waals surface area contributed by atoms with Gasteiger partial charge in [0.15, 0.2) is 0 Å². The minimum Gasteiger partial charge on any atom is -0.480 e. The molecule has 0 saturated carbocycles. The van der Waals surface area contributed by atoms with E-state index in [1.54, 1.807) is 24.3 Å². The van der Waals surface area contributed by atoms with Crippen molar-refractivity contribution in [2.45, 2.75) is 18.9 Å². The fourth-order valence-electron chi connectivity index (χ4n) is 1.90. The monoisotopic (exact) mass is 313 g/mol. The van der Waals surface area contributed by atoms with Crippen LogP contribution >= 0.6 is 15.9 Å². The lowest BCUT2D eigenvalue weighted by Crippen LogP contribution is -2.41. The third kappa shape index (κ3) is 2.81. The van der Waals surface area contributed by atoms with Crippen molar-refractivity contribution in [3.63, 3.8) is 0 Å². The summed E-state index contributed by atoms with van der Waals surface area (Å²) in [6, 6.07) is 6.03. The van der Waals surface area contributed by atoms with Crippen LogP contribution in [0.4, 0.5) is 4.79 Å². The lowest BCUT2D eigenvalue weighted by atomic mass is 10.2. The Balaban J connectivity index is 2.03. The summed E-state index contributed by atoms with van der Waals surface area (Å²) in [5.74, 6) is -0.584. The second-order valence-corrected chi connectivity index (χ2v) is 4.93. The molecule has 2 rings (SSSR count). The number of hydrogen-bond donors (Lipinski definition) is 1. The van der Waals surface area contributed by atoms with Crippen molar-refractivity contribution in [2.75, 3.05) is 6.54 Å². The number of benzene rings is 1. The smallest absolute Gasteiger partial charge is 0.415 e. The Kier molecular flexibility index (Phi) is 3.86. The van der Waals surface area contributed by atoms with E-state index in [4.69, 9.17) is 9.84 Å². The topological polar surface area (TPSA) is 66.8 Å². The fourth-order valence-corrected chi connectivity index (χ4v) is 2.17. The number of carboxylic acid groups (broad SMARTS) is 1. The Morgan fingerprint density at radius 2 is 2.00 bits per heavy atom. The molecule has 18 heavy (non-hydrogen) atoms. The molecule has 1 fully saturated rings. The van der Waals surface area contributed by atoms with Gasteiger partial charge < -0.3 is 9.84 Å². The summed E-state index contributed by atoms with van der Waals surface area (Å²) in [7, 11) is 0. The third-order valence-corrected chi connectivity index (χ3v) is 3.32. The van der Waals surface area contributed by atoms with Gasteiger partial charge in [0.1, 0.15) is 11.8 Å². The molecule has 1 aliphatic rings. The number of carbonyl (C=O) groups is 2. The molecule has 1 aromatic carbocycles. The van der Waals surface area contributed by atoms with Crippen molar-refractivity contribution in [1.29, 1.82) is 0 Å². The van der Waals surface area contributed by atoms with E-state index in [0.29, 0.717) is 25.1 Å². The maximum atomic E-state index is 11.8. The van der Waals surface area contributed by atoms with Crippen LogP contribution in [0.2, 0.25) is 0 Å². The zero-order valence-electron chi connectivity index (χ0n) is 9.51. The Bertz CT molecular complexity index is 460. The molecule has 0 bridgehead atoms. The largest absolute Gasteiger partial charge is 0.480 e. The average Bonchev–Trinajstić information content (AvgIpc) is 2.81. The van der Waals surface area contributed by atoms with Crippen molar-refractivity contribution >= 4 is 28.0 Å². The second-order valence-electron chi connectivity index (χ2n) is 4.01. The Morgan fingerprint density at radius 3 is 2.61 bits per heavy atom. The van der Waals surface area contributed by atoms with Crippen LogP contribution in [0.3, 0.4) is 0 Å². The van der Waals surface area contributed by atoms with Crippen LogP contribution in [0, 0.1) is 0 Å². The van der Waals surface area contributed by atoms with Gasteiger partial charge in [0.05, 0.1) is 0 Å². The molecule has 1 aromatic rings. The summed E-state index contributed by atoms with van der Waals surface area (Å²) in [5.41, 5.74) is 0. The molecule has 1 heterocycles. The van der Waals surface area contributed by atoms with E-state index >= 15 is 0 Å². The molecule has 0 aromatic heterocycles. The standard InChI is InChI=1S/C12H12BrNO4/c13-8-3-5-9(6-4-8)18-12(17)14-7-1-2-10(14)11(15)16/h3-6,10H,1-2,7H2,(H,15,16). The molecule has 1 atom stereocenters. The van der Waals surface area contributed by atoms with Gasteiger partial charge in [-0.2, -0.15) is 0 Å². The van der Waals surface area contributed by atoms with Crippen LogP contribution in [0.5, 0.6) is 5.75 Å². The molecule has 1 N–H and O–H groups in total. The number of carbonyl (C=O) groups excluding carboxylic acids is 1. The van der Waals surface area contributed by atoms with Crippen molar-refractivity contribution in [3.05, 3.63) is 28.7 Å². The summed E-state index contributed by atoms with van der Waals surface area (Å²) < 4.78 is 6.02. The molecule has 1 unspecified atom stereocenters. The average molecular weight is 314 g/mol. The van der Waals surface area contributed by atoms with Gasteiger partial charge in [-0.15, -0.1) is 0 Å². The van der Waals surface area contributed by atoms with Gasteiger partial charge in [-0.05, 0) is 37.1 Å². The van der Waals surface area contributed by atoms with Gasteiger partial charge in [-0.25, -0.2) is 9.59 Å². The molecule has 0 aliphatic carbocycles. The Labute approximate surface area is 112 Å². The van der Waals surface area contributed by atoms with E-state index in [1.807, 2.05) is 0 Å². The predicted molar refractivity (Wildman–Crippen MR) is 67.5 cm³/mol. The van der Waals surface area contributed by atoms with Crippen molar-refractivity contribution in [3.8, 4) is 5.75 Å². The molecule has 1 amide bonds. The fraction of sp³-hybridized carbons (Fsp3) is 0.333. The molecule has 5 nitrogen and oxygen atoms in total. The van der Waals surface area contributed by atoms with E-state index < -0.39 is 18.1 Å². The molecule has 1 aliphatic heterocycles. The normalized spacial score (nSPS) is 18.7. The van der Waals surface area contributed by atoms with E-state index in [0.717, 1.165) is 4.47 Å². The Morgan fingerprint density at radius 1 is 1.33 bits per heavy atom. The van der Waals surface area contributed by atoms with Gasteiger partial charge in [-0.1, -0.05) is 15.9 Å². The van der Waals surface area contributed by atoms with Crippen LogP contribution in [0.1, 0.15) is 12.8 Å². The van der Waals surface area contributed by atoms with Gasteiger partial charge in [0, 0.05) is 11.0 Å². The van der Waals surface area contributed by atoms with Crippen molar-refractivity contribution in [1.82, 2.24) is 4.90 Å². The number of carboxylic acids is 1. The molecular weight excluding hydrogens is 302 g/mol. The second kappa shape index (κ2) is 5.39. The van der Waals surface area contributed by atoms with Gasteiger partial charge in [0.25, 0.3) is 0 Å². The van der Waals surface area contributed by atoms with E-state index in [9.17, 15) is 9.59 Å². The highest BCUT2D eigenvalue weighted by atomic mass is 79.9. The highest BCUT2D eigenvalue weighted by molar-refractivity contribution is 9.10. The molecule has 1 saturated heterocycles. The van der Waals surface area contributed by atoms with Crippen LogP contribution < -0.4 is 4.74 Å². The number of ether oxygens (including phenoxy) is 1. The molecule has 0 radical (unpaired) electrons. The minimum atomic E-state index is -0.986. The van der Waals surface area contributed by atoms with E-state index in [1.165, 1.54) is 4.90 Å². The first kappa shape index (κ1) is 12.9. The van der Waals surface area contributed by atoms with E-state index in [-0.39, 0.29) is 0 Å². The lowest BCUT2D eigenvalue weighted by Gasteiger charge is -2.20. The first-order valence-corrected chi connectivity index (χ1v) is 6.34. The van der Waals surface area contributed by atoms with Crippen LogP contribution in [0.25, 0.3) is 0 Å². The quantitative estimate of drug-likeness (QED) is 0.911. The summed E-state index contributed by atoms with van der Waals surface area (Å²) in [6.45, 7) is 0.423. The third-order valence-electron chi connectivity index (χ3n) is 2.79. The number of hydrogen-bond acceptors (Lipinski definition) is 3. The number of nitrogens with zero attached hydrogens (tertiary/aromatic N) is 1. The van der Waals surface area contributed by atoms with Gasteiger partial charge in [0.2, 0.25) is 0 Å². The molecular formula is C12H12BrNO4. The number of likely N-dealkylation sites (tertiary alicyclic amines) is 1. The van der Waals surface area contributed by atoms with Crippen LogP contribution in [-0.4, -0.2) is 34.7 Å². The van der Waals surface area contributed by atoms with Crippen LogP contribution in [-0.2, 0) is 4.79 Å². The predicted octanol–water partition coefficient (Wildman–Crippen LogP) is 2.50. The van der Waals surface area contributed by atoms with Crippen molar-refractivity contribution in [2.24, 2.45) is 0 Å². The Hall–Kier alpha value is -1.56. The summed E-state index contributed by atoms with van der Waals surface area (Å²) >= 11 is 3.28. The highest BCUT2D eigenvalue weighted by Gasteiger charge is 2.35. The summed E-state index contributed by atoms with van der Waals surface area (Å²) in [4.78, 5) is 24.1. The van der Waals surface area contributed by atoms with Crippen molar-refractivity contribution < 1.29 is 19.4 Å². The molecule has 96 valence electrons. The van der Waals surface area contributed by atoms with E-state index in [2.05, 4.69) is 15.9 Å². The SMILES string of the molecule is O=C(O)C1CCCN1C(=O)Oc1ccc(Br)cc1. The number of halogens is 1. The van der Waals surface area contributed by atoms with Gasteiger partial charge in [-0.3, -0.25) is 4.90 Å². The molecule has 6 heteroatoms. The lowest BCUT2D eigenvalue weighted by molar-refractivity contribution is -0.141. The van der Waals surface area contributed by atoms with Gasteiger partial charge >= 0.3 is 12.1 Å². The maximum absolute atomic E-state index is 11.8. The van der Waals surface area contributed by atoms with Crippen LogP contribution in [0.15, 0.2) is 28.7 Å². The minimum absolute atomic E-state index is 0.402. The zero-order valence-corrected chi connectivity index (χ0v) is 11.1. The maximum Gasteiger partial charge on any atom is 0.415 e.